The molecule has 0 fully saturated rings. The number of aryl methyl sites for hydroxylation is 1. The van der Waals surface area contributed by atoms with E-state index in [1.54, 1.807) is 0 Å². The molecule has 2 aromatic carbocycles. The molecule has 0 saturated carbocycles. The summed E-state index contributed by atoms with van der Waals surface area (Å²) in [6, 6.07) is 15.6. The van der Waals surface area contributed by atoms with Gasteiger partial charge in [0.2, 0.25) is 0 Å². The van der Waals surface area contributed by atoms with Gasteiger partial charge in [-0.1, -0.05) is 48.0 Å². The highest BCUT2D eigenvalue weighted by Crippen LogP contribution is 2.23. The second-order valence-electron chi connectivity index (χ2n) is 4.88. The number of hydrogen-bond donors (Lipinski definition) is 1. The Morgan fingerprint density at radius 3 is 2.70 bits per heavy atom. The van der Waals surface area contributed by atoms with Gasteiger partial charge in [0, 0.05) is 5.69 Å². The number of hydroxylamine groups is 2. The fraction of sp³-hybridized carbons (Fsp3) is 0.188. The van der Waals surface area contributed by atoms with Gasteiger partial charge in [-0.25, -0.2) is 4.79 Å². The summed E-state index contributed by atoms with van der Waals surface area (Å²) < 4.78 is 0. The van der Waals surface area contributed by atoms with Crippen LogP contribution in [0.5, 0.6) is 0 Å². The summed E-state index contributed by atoms with van der Waals surface area (Å²) in [5.41, 5.74) is 4.16. The number of benzene rings is 2. The smallest absolute Gasteiger partial charge is 0.306 e. The van der Waals surface area contributed by atoms with Crippen molar-refractivity contribution in [3.8, 4) is 0 Å². The van der Waals surface area contributed by atoms with E-state index in [0.29, 0.717) is 13.2 Å². The molecular formula is C16H16N2O2. The standard InChI is InChI=1S/C16H16N2O2/c1-12-6-8-13(9-7-12)11-20-18-10-14-4-2-3-5-15(14)17-16(18)19/h2-9H,10-11H2,1H3,(H,17,19). The van der Waals surface area contributed by atoms with Gasteiger partial charge in [0.05, 0.1) is 6.54 Å². The lowest BCUT2D eigenvalue weighted by Crippen LogP contribution is -2.38. The summed E-state index contributed by atoms with van der Waals surface area (Å²) in [6.07, 6.45) is 0. The monoisotopic (exact) mass is 268 g/mol. The molecule has 0 bridgehead atoms. The van der Waals surface area contributed by atoms with Crippen LogP contribution in [0.2, 0.25) is 0 Å². The van der Waals surface area contributed by atoms with Gasteiger partial charge in [-0.2, -0.15) is 5.06 Å². The van der Waals surface area contributed by atoms with Gasteiger partial charge in [-0.05, 0) is 24.1 Å². The Balaban J connectivity index is 1.66. The van der Waals surface area contributed by atoms with E-state index in [0.717, 1.165) is 16.8 Å². The summed E-state index contributed by atoms with van der Waals surface area (Å²) in [5.74, 6) is 0. The van der Waals surface area contributed by atoms with E-state index >= 15 is 0 Å². The van der Waals surface area contributed by atoms with Crippen LogP contribution in [0.1, 0.15) is 16.7 Å². The molecule has 2 amide bonds. The number of hydrogen-bond acceptors (Lipinski definition) is 2. The van der Waals surface area contributed by atoms with Gasteiger partial charge >= 0.3 is 6.03 Å². The summed E-state index contributed by atoms with van der Waals surface area (Å²) in [5, 5.41) is 4.18. The number of urea groups is 1. The zero-order valence-electron chi connectivity index (χ0n) is 11.3. The van der Waals surface area contributed by atoms with E-state index in [1.807, 2.05) is 55.5 Å². The van der Waals surface area contributed by atoms with Crippen molar-refractivity contribution < 1.29 is 9.63 Å². The summed E-state index contributed by atoms with van der Waals surface area (Å²) >= 11 is 0. The number of anilines is 1. The maximum absolute atomic E-state index is 11.9. The maximum atomic E-state index is 11.9. The van der Waals surface area contributed by atoms with Crippen LogP contribution in [0.4, 0.5) is 10.5 Å². The molecule has 0 spiro atoms. The molecule has 3 rings (SSSR count). The van der Waals surface area contributed by atoms with E-state index in [1.165, 1.54) is 10.6 Å². The second-order valence-corrected chi connectivity index (χ2v) is 4.88. The van der Waals surface area contributed by atoms with Crippen molar-refractivity contribution in [1.29, 1.82) is 0 Å². The maximum Gasteiger partial charge on any atom is 0.346 e. The lowest BCUT2D eigenvalue weighted by molar-refractivity contribution is -0.132. The third-order valence-electron chi connectivity index (χ3n) is 3.31. The Kier molecular flexibility index (Phi) is 3.39. The number of carbonyl (C=O) groups is 1. The molecule has 0 aromatic heterocycles. The third kappa shape index (κ3) is 2.65. The van der Waals surface area contributed by atoms with Crippen LogP contribution in [-0.2, 0) is 18.0 Å². The molecule has 1 aliphatic rings. The lowest BCUT2D eigenvalue weighted by Gasteiger charge is -2.28. The summed E-state index contributed by atoms with van der Waals surface area (Å²) in [6.45, 7) is 2.89. The number of carbonyl (C=O) groups excluding carboxylic acids is 1. The predicted octanol–water partition coefficient (Wildman–Crippen LogP) is 3.47. The van der Waals surface area contributed by atoms with Crippen molar-refractivity contribution in [1.82, 2.24) is 5.06 Å². The van der Waals surface area contributed by atoms with Crippen molar-refractivity contribution in [3.63, 3.8) is 0 Å². The van der Waals surface area contributed by atoms with Gasteiger partial charge in [-0.3, -0.25) is 4.84 Å². The van der Waals surface area contributed by atoms with Crippen LogP contribution < -0.4 is 5.32 Å². The molecule has 4 nitrogen and oxygen atoms in total. The van der Waals surface area contributed by atoms with Crippen molar-refractivity contribution in [3.05, 3.63) is 65.2 Å². The van der Waals surface area contributed by atoms with Crippen molar-refractivity contribution in [2.75, 3.05) is 5.32 Å². The molecular weight excluding hydrogens is 252 g/mol. The first-order valence-electron chi connectivity index (χ1n) is 6.57. The average Bonchev–Trinajstić information content (AvgIpc) is 2.47. The zero-order valence-corrected chi connectivity index (χ0v) is 11.3. The lowest BCUT2D eigenvalue weighted by atomic mass is 10.1. The molecule has 0 radical (unpaired) electrons. The van der Waals surface area contributed by atoms with Crippen molar-refractivity contribution >= 4 is 11.7 Å². The van der Waals surface area contributed by atoms with Gasteiger partial charge < -0.3 is 5.32 Å². The molecule has 20 heavy (non-hydrogen) atoms. The number of rotatable bonds is 3. The highest BCUT2D eigenvalue weighted by molar-refractivity contribution is 5.91. The van der Waals surface area contributed by atoms with E-state index in [4.69, 9.17) is 4.84 Å². The van der Waals surface area contributed by atoms with Crippen LogP contribution in [0, 0.1) is 6.92 Å². The number of nitrogens with zero attached hydrogens (tertiary/aromatic N) is 1. The minimum atomic E-state index is -0.226. The first-order chi connectivity index (χ1) is 9.72. The van der Waals surface area contributed by atoms with Crippen molar-refractivity contribution in [2.45, 2.75) is 20.1 Å². The highest BCUT2D eigenvalue weighted by atomic mass is 16.7. The van der Waals surface area contributed by atoms with Crippen LogP contribution >= 0.6 is 0 Å². The Labute approximate surface area is 117 Å². The third-order valence-corrected chi connectivity index (χ3v) is 3.31. The number of fused-ring (bicyclic) bond motifs is 1. The fourth-order valence-corrected chi connectivity index (χ4v) is 2.13. The zero-order chi connectivity index (χ0) is 13.9. The van der Waals surface area contributed by atoms with Gasteiger partial charge in [0.15, 0.2) is 0 Å². The largest absolute Gasteiger partial charge is 0.346 e. The molecule has 1 aliphatic heterocycles. The molecule has 0 saturated heterocycles. The second kappa shape index (κ2) is 5.35. The van der Waals surface area contributed by atoms with Crippen molar-refractivity contribution in [2.24, 2.45) is 0 Å². The topological polar surface area (TPSA) is 41.6 Å². The molecule has 1 heterocycles. The van der Waals surface area contributed by atoms with E-state index < -0.39 is 0 Å². The molecule has 0 unspecified atom stereocenters. The normalized spacial score (nSPS) is 13.8. The molecule has 0 aliphatic carbocycles. The molecule has 102 valence electrons. The number of nitrogens with one attached hydrogen (secondary N) is 1. The van der Waals surface area contributed by atoms with Crippen LogP contribution in [0.15, 0.2) is 48.5 Å². The molecule has 4 heteroatoms. The van der Waals surface area contributed by atoms with Crippen LogP contribution in [0.25, 0.3) is 0 Å². The summed E-state index contributed by atoms with van der Waals surface area (Å²) in [7, 11) is 0. The Morgan fingerprint density at radius 1 is 1.15 bits per heavy atom. The first kappa shape index (κ1) is 12.7. The SMILES string of the molecule is Cc1ccc(CON2Cc3ccccc3NC2=O)cc1. The average molecular weight is 268 g/mol. The van der Waals surface area contributed by atoms with Gasteiger partial charge in [0.1, 0.15) is 6.61 Å². The van der Waals surface area contributed by atoms with E-state index in [2.05, 4.69) is 5.32 Å². The Bertz CT molecular complexity index is 623. The van der Waals surface area contributed by atoms with Gasteiger partial charge in [-0.15, -0.1) is 0 Å². The molecule has 1 N–H and O–H groups in total. The molecule has 2 aromatic rings. The molecule has 0 atom stereocenters. The van der Waals surface area contributed by atoms with Crippen LogP contribution in [0.3, 0.4) is 0 Å². The Morgan fingerprint density at radius 2 is 1.90 bits per heavy atom. The van der Waals surface area contributed by atoms with Crippen LogP contribution in [-0.4, -0.2) is 11.1 Å². The quantitative estimate of drug-likeness (QED) is 0.926. The fourth-order valence-electron chi connectivity index (χ4n) is 2.13. The van der Waals surface area contributed by atoms with Gasteiger partial charge in [0.25, 0.3) is 0 Å². The minimum absolute atomic E-state index is 0.226. The highest BCUT2D eigenvalue weighted by Gasteiger charge is 2.22. The number of para-hydroxylation sites is 1. The number of amides is 2. The predicted molar refractivity (Wildman–Crippen MR) is 77.0 cm³/mol. The first-order valence-corrected chi connectivity index (χ1v) is 6.57. The minimum Gasteiger partial charge on any atom is -0.306 e. The summed E-state index contributed by atoms with van der Waals surface area (Å²) in [4.78, 5) is 17.5. The Hall–Kier alpha value is -2.33. The van der Waals surface area contributed by atoms with E-state index in [9.17, 15) is 4.79 Å². The van der Waals surface area contributed by atoms with E-state index in [-0.39, 0.29) is 6.03 Å².